The van der Waals surface area contributed by atoms with Crippen LogP contribution in [0.1, 0.15) is 50.3 Å². The molecule has 0 bridgehead atoms. The number of pyridine rings is 1. The van der Waals surface area contributed by atoms with Gasteiger partial charge in [-0.25, -0.2) is 0 Å². The average Bonchev–Trinajstić information content (AvgIpc) is 2.55. The normalized spacial score (nSPS) is 25.5. The van der Waals surface area contributed by atoms with Gasteiger partial charge in [0.25, 0.3) is 0 Å². The van der Waals surface area contributed by atoms with Crippen LogP contribution in [0.5, 0.6) is 0 Å². The third-order valence-electron chi connectivity index (χ3n) is 3.87. The standard InChI is InChI=1S/C15H24N2/c1-2-12-7-8-15(17-11-12)10-13-5-3-4-6-14(16)9-13/h7-8,11,13-14H,2-6,9-10,16H2,1H3. The van der Waals surface area contributed by atoms with E-state index < -0.39 is 0 Å². The molecule has 0 aliphatic heterocycles. The molecule has 0 amide bonds. The van der Waals surface area contributed by atoms with Crippen LogP contribution in [0.15, 0.2) is 18.3 Å². The summed E-state index contributed by atoms with van der Waals surface area (Å²) in [6.07, 6.45) is 10.6. The first-order chi connectivity index (χ1) is 8.28. The van der Waals surface area contributed by atoms with Crippen molar-refractivity contribution < 1.29 is 0 Å². The second kappa shape index (κ2) is 6.15. The van der Waals surface area contributed by atoms with Crippen LogP contribution in [0.4, 0.5) is 0 Å². The molecule has 2 heteroatoms. The predicted octanol–water partition coefficient (Wildman–Crippen LogP) is 3.09. The van der Waals surface area contributed by atoms with Gasteiger partial charge < -0.3 is 5.73 Å². The van der Waals surface area contributed by atoms with Gasteiger partial charge in [-0.1, -0.05) is 32.3 Å². The molecule has 2 nitrogen and oxygen atoms in total. The molecule has 1 aliphatic rings. The van der Waals surface area contributed by atoms with Crippen LogP contribution in [0.2, 0.25) is 0 Å². The van der Waals surface area contributed by atoms with E-state index in [0.717, 1.165) is 18.8 Å². The average molecular weight is 232 g/mol. The topological polar surface area (TPSA) is 38.9 Å². The van der Waals surface area contributed by atoms with Crippen molar-refractivity contribution in [1.29, 1.82) is 0 Å². The van der Waals surface area contributed by atoms with Crippen LogP contribution < -0.4 is 5.73 Å². The number of aromatic nitrogens is 1. The summed E-state index contributed by atoms with van der Waals surface area (Å²) in [5.41, 5.74) is 8.67. The van der Waals surface area contributed by atoms with Crippen molar-refractivity contribution in [2.24, 2.45) is 11.7 Å². The SMILES string of the molecule is CCc1ccc(CC2CCCCC(N)C2)nc1. The van der Waals surface area contributed by atoms with Crippen LogP contribution in [0.3, 0.4) is 0 Å². The number of hydrogen-bond donors (Lipinski definition) is 1. The maximum atomic E-state index is 6.10. The van der Waals surface area contributed by atoms with Crippen molar-refractivity contribution in [2.45, 2.75) is 57.9 Å². The van der Waals surface area contributed by atoms with Gasteiger partial charge in [-0.05, 0) is 43.2 Å². The molecule has 1 saturated carbocycles. The Morgan fingerprint density at radius 2 is 2.12 bits per heavy atom. The van der Waals surface area contributed by atoms with Crippen LogP contribution in [-0.2, 0) is 12.8 Å². The zero-order valence-corrected chi connectivity index (χ0v) is 10.9. The van der Waals surface area contributed by atoms with E-state index >= 15 is 0 Å². The fourth-order valence-corrected chi connectivity index (χ4v) is 2.77. The fourth-order valence-electron chi connectivity index (χ4n) is 2.77. The quantitative estimate of drug-likeness (QED) is 0.813. The van der Waals surface area contributed by atoms with E-state index in [9.17, 15) is 0 Å². The molecular formula is C15H24N2. The molecule has 2 atom stereocenters. The minimum absolute atomic E-state index is 0.414. The third kappa shape index (κ3) is 3.81. The van der Waals surface area contributed by atoms with Gasteiger partial charge in [-0.3, -0.25) is 4.98 Å². The van der Waals surface area contributed by atoms with Crippen LogP contribution >= 0.6 is 0 Å². The molecule has 2 N–H and O–H groups in total. The first-order valence-electron chi connectivity index (χ1n) is 6.97. The summed E-state index contributed by atoms with van der Waals surface area (Å²) in [4.78, 5) is 4.56. The van der Waals surface area contributed by atoms with E-state index in [2.05, 4.69) is 24.0 Å². The van der Waals surface area contributed by atoms with Crippen molar-refractivity contribution in [3.05, 3.63) is 29.6 Å². The van der Waals surface area contributed by atoms with Crippen molar-refractivity contribution in [1.82, 2.24) is 4.98 Å². The number of hydrogen-bond acceptors (Lipinski definition) is 2. The molecule has 1 heterocycles. The van der Waals surface area contributed by atoms with Gasteiger partial charge >= 0.3 is 0 Å². The zero-order chi connectivity index (χ0) is 12.1. The number of rotatable bonds is 3. The molecule has 2 rings (SSSR count). The first-order valence-corrected chi connectivity index (χ1v) is 6.97. The minimum atomic E-state index is 0.414. The van der Waals surface area contributed by atoms with E-state index in [1.54, 1.807) is 0 Å². The van der Waals surface area contributed by atoms with Gasteiger partial charge in [0.1, 0.15) is 0 Å². The molecule has 0 spiro atoms. The highest BCUT2D eigenvalue weighted by atomic mass is 14.7. The Morgan fingerprint density at radius 1 is 1.29 bits per heavy atom. The lowest BCUT2D eigenvalue weighted by Crippen LogP contribution is -2.22. The minimum Gasteiger partial charge on any atom is -0.328 e. The molecular weight excluding hydrogens is 208 g/mol. The molecule has 1 aliphatic carbocycles. The van der Waals surface area contributed by atoms with Crippen LogP contribution in [0, 0.1) is 5.92 Å². The lowest BCUT2D eigenvalue weighted by molar-refractivity contribution is 0.427. The number of nitrogens with two attached hydrogens (primary N) is 1. The Labute approximate surface area is 105 Å². The predicted molar refractivity (Wildman–Crippen MR) is 71.9 cm³/mol. The van der Waals surface area contributed by atoms with E-state index in [1.165, 1.54) is 43.4 Å². The Morgan fingerprint density at radius 3 is 2.82 bits per heavy atom. The zero-order valence-electron chi connectivity index (χ0n) is 10.9. The summed E-state index contributed by atoms with van der Waals surface area (Å²) in [5, 5.41) is 0. The Bertz CT molecular complexity index is 331. The molecule has 1 aromatic rings. The molecule has 1 fully saturated rings. The summed E-state index contributed by atoms with van der Waals surface area (Å²) < 4.78 is 0. The van der Waals surface area contributed by atoms with E-state index in [4.69, 9.17) is 5.73 Å². The Balaban J connectivity index is 1.94. The van der Waals surface area contributed by atoms with E-state index in [0.29, 0.717) is 6.04 Å². The van der Waals surface area contributed by atoms with Crippen molar-refractivity contribution in [3.63, 3.8) is 0 Å². The highest BCUT2D eigenvalue weighted by Gasteiger charge is 2.18. The molecule has 0 aromatic carbocycles. The van der Waals surface area contributed by atoms with Gasteiger partial charge in [-0.2, -0.15) is 0 Å². The largest absolute Gasteiger partial charge is 0.328 e. The fraction of sp³-hybridized carbons (Fsp3) is 0.667. The van der Waals surface area contributed by atoms with Gasteiger partial charge in [0.15, 0.2) is 0 Å². The highest BCUT2D eigenvalue weighted by molar-refractivity contribution is 5.14. The van der Waals surface area contributed by atoms with Gasteiger partial charge in [0.05, 0.1) is 0 Å². The molecule has 17 heavy (non-hydrogen) atoms. The number of nitrogens with zero attached hydrogens (tertiary/aromatic N) is 1. The van der Waals surface area contributed by atoms with Crippen LogP contribution in [0.25, 0.3) is 0 Å². The van der Waals surface area contributed by atoms with Gasteiger partial charge in [0, 0.05) is 17.9 Å². The third-order valence-corrected chi connectivity index (χ3v) is 3.87. The second-order valence-electron chi connectivity index (χ2n) is 5.36. The molecule has 0 radical (unpaired) electrons. The summed E-state index contributed by atoms with van der Waals surface area (Å²) in [6.45, 7) is 2.17. The second-order valence-corrected chi connectivity index (χ2v) is 5.36. The van der Waals surface area contributed by atoms with Crippen molar-refractivity contribution >= 4 is 0 Å². The van der Waals surface area contributed by atoms with Crippen molar-refractivity contribution in [2.75, 3.05) is 0 Å². The van der Waals surface area contributed by atoms with Crippen LogP contribution in [-0.4, -0.2) is 11.0 Å². The lowest BCUT2D eigenvalue weighted by atomic mass is 9.93. The highest BCUT2D eigenvalue weighted by Crippen LogP contribution is 2.25. The molecule has 1 aromatic heterocycles. The first kappa shape index (κ1) is 12.6. The van der Waals surface area contributed by atoms with Crippen molar-refractivity contribution in [3.8, 4) is 0 Å². The smallest absolute Gasteiger partial charge is 0.0406 e. The maximum Gasteiger partial charge on any atom is 0.0406 e. The summed E-state index contributed by atoms with van der Waals surface area (Å²) >= 11 is 0. The molecule has 0 saturated heterocycles. The lowest BCUT2D eigenvalue weighted by Gasteiger charge is -2.16. The monoisotopic (exact) mass is 232 g/mol. The van der Waals surface area contributed by atoms with E-state index in [-0.39, 0.29) is 0 Å². The molecule has 94 valence electrons. The molecule has 2 unspecified atom stereocenters. The maximum absolute atomic E-state index is 6.10. The Hall–Kier alpha value is -0.890. The van der Waals surface area contributed by atoms with E-state index in [1.807, 2.05) is 6.20 Å². The number of aryl methyl sites for hydroxylation is 1. The Kier molecular flexibility index (Phi) is 4.55. The van der Waals surface area contributed by atoms with Gasteiger partial charge in [-0.15, -0.1) is 0 Å². The summed E-state index contributed by atoms with van der Waals surface area (Å²) in [7, 11) is 0. The summed E-state index contributed by atoms with van der Waals surface area (Å²) in [5.74, 6) is 0.743. The summed E-state index contributed by atoms with van der Waals surface area (Å²) in [6, 6.07) is 4.81. The van der Waals surface area contributed by atoms with Gasteiger partial charge in [0.2, 0.25) is 0 Å².